The van der Waals surface area contributed by atoms with Gasteiger partial charge < -0.3 is 5.32 Å². The molecule has 4 heteroatoms. The van der Waals surface area contributed by atoms with Crippen molar-refractivity contribution < 1.29 is 8.78 Å². The van der Waals surface area contributed by atoms with Gasteiger partial charge in [0.2, 0.25) is 0 Å². The van der Waals surface area contributed by atoms with E-state index in [1.807, 2.05) is 6.92 Å². The molecule has 1 unspecified atom stereocenters. The SMILES string of the molecule is CCNC(c1cc(F)c(Br)cc1F)C1CCCCCC1. The van der Waals surface area contributed by atoms with Crippen LogP contribution in [0.25, 0.3) is 0 Å². The van der Waals surface area contributed by atoms with E-state index in [1.54, 1.807) is 0 Å². The van der Waals surface area contributed by atoms with Crippen LogP contribution in [0.3, 0.4) is 0 Å². The lowest BCUT2D eigenvalue weighted by atomic mass is 9.87. The zero-order valence-electron chi connectivity index (χ0n) is 11.9. The van der Waals surface area contributed by atoms with Crippen molar-refractivity contribution in [3.8, 4) is 0 Å². The number of rotatable bonds is 4. The molecule has 0 aliphatic heterocycles. The fraction of sp³-hybridized carbons (Fsp3) is 0.625. The molecule has 0 radical (unpaired) electrons. The molecule has 1 saturated carbocycles. The van der Waals surface area contributed by atoms with Gasteiger partial charge in [0.25, 0.3) is 0 Å². The molecule has 0 bridgehead atoms. The van der Waals surface area contributed by atoms with Gasteiger partial charge in [0.15, 0.2) is 0 Å². The van der Waals surface area contributed by atoms with E-state index >= 15 is 0 Å². The van der Waals surface area contributed by atoms with Crippen molar-refractivity contribution >= 4 is 15.9 Å². The van der Waals surface area contributed by atoms with Gasteiger partial charge in [0.1, 0.15) is 11.6 Å². The zero-order chi connectivity index (χ0) is 14.5. The van der Waals surface area contributed by atoms with Gasteiger partial charge in [0, 0.05) is 11.6 Å². The van der Waals surface area contributed by atoms with Gasteiger partial charge in [-0.1, -0.05) is 32.6 Å². The average molecular weight is 346 g/mol. The maximum atomic E-state index is 14.2. The van der Waals surface area contributed by atoms with Crippen molar-refractivity contribution in [1.29, 1.82) is 0 Å². The summed E-state index contributed by atoms with van der Waals surface area (Å²) in [4.78, 5) is 0. The summed E-state index contributed by atoms with van der Waals surface area (Å²) in [5.41, 5.74) is 0.472. The normalized spacial score (nSPS) is 18.8. The van der Waals surface area contributed by atoms with E-state index in [-0.39, 0.29) is 16.3 Å². The van der Waals surface area contributed by atoms with E-state index in [2.05, 4.69) is 21.2 Å². The van der Waals surface area contributed by atoms with E-state index < -0.39 is 5.82 Å². The van der Waals surface area contributed by atoms with Crippen LogP contribution in [0, 0.1) is 17.6 Å². The van der Waals surface area contributed by atoms with Gasteiger partial charge in [-0.2, -0.15) is 0 Å². The Morgan fingerprint density at radius 2 is 1.80 bits per heavy atom. The van der Waals surface area contributed by atoms with Crippen LogP contribution in [0.15, 0.2) is 16.6 Å². The lowest BCUT2D eigenvalue weighted by molar-refractivity contribution is 0.321. The Morgan fingerprint density at radius 1 is 1.15 bits per heavy atom. The van der Waals surface area contributed by atoms with Gasteiger partial charge in [-0.15, -0.1) is 0 Å². The van der Waals surface area contributed by atoms with E-state index in [9.17, 15) is 8.78 Å². The summed E-state index contributed by atoms with van der Waals surface area (Å²) in [6.45, 7) is 2.77. The summed E-state index contributed by atoms with van der Waals surface area (Å²) in [5.74, 6) is -0.320. The molecule has 20 heavy (non-hydrogen) atoms. The smallest absolute Gasteiger partial charge is 0.137 e. The van der Waals surface area contributed by atoms with Crippen molar-refractivity contribution in [1.82, 2.24) is 5.32 Å². The van der Waals surface area contributed by atoms with Crippen molar-refractivity contribution in [3.05, 3.63) is 33.8 Å². The molecule has 0 spiro atoms. The average Bonchev–Trinajstić information content (AvgIpc) is 2.69. The molecule has 1 fully saturated rings. The molecule has 1 aromatic carbocycles. The summed E-state index contributed by atoms with van der Waals surface area (Å²) >= 11 is 3.04. The van der Waals surface area contributed by atoms with Gasteiger partial charge in [-0.05, 0) is 53.4 Å². The molecule has 1 atom stereocenters. The first-order valence-corrected chi connectivity index (χ1v) is 8.30. The third kappa shape index (κ3) is 3.79. The van der Waals surface area contributed by atoms with Crippen molar-refractivity contribution in [2.75, 3.05) is 6.54 Å². The summed E-state index contributed by atoms with van der Waals surface area (Å²) in [6, 6.07) is 2.50. The van der Waals surface area contributed by atoms with Crippen LogP contribution in [0.4, 0.5) is 8.78 Å². The first-order valence-electron chi connectivity index (χ1n) is 7.51. The summed E-state index contributed by atoms with van der Waals surface area (Å²) < 4.78 is 28.2. The highest BCUT2D eigenvalue weighted by Gasteiger charge is 2.26. The predicted octanol–water partition coefficient (Wildman–Crippen LogP) is 5.35. The molecule has 2 rings (SSSR count). The lowest BCUT2D eigenvalue weighted by Crippen LogP contribution is -2.29. The van der Waals surface area contributed by atoms with Crippen molar-refractivity contribution in [2.24, 2.45) is 5.92 Å². The second-order valence-corrected chi connectivity index (χ2v) is 6.43. The summed E-state index contributed by atoms with van der Waals surface area (Å²) in [7, 11) is 0. The number of nitrogens with one attached hydrogen (secondary N) is 1. The summed E-state index contributed by atoms with van der Waals surface area (Å²) in [5, 5.41) is 3.36. The molecule has 0 heterocycles. The highest BCUT2D eigenvalue weighted by Crippen LogP contribution is 2.35. The minimum Gasteiger partial charge on any atom is -0.310 e. The van der Waals surface area contributed by atoms with Crippen LogP contribution in [-0.2, 0) is 0 Å². The third-order valence-electron chi connectivity index (χ3n) is 4.17. The monoisotopic (exact) mass is 345 g/mol. The summed E-state index contributed by atoms with van der Waals surface area (Å²) in [6.07, 6.45) is 7.07. The molecular weight excluding hydrogens is 324 g/mol. The molecule has 1 nitrogen and oxygen atoms in total. The number of hydrogen-bond donors (Lipinski definition) is 1. The van der Waals surface area contributed by atoms with Crippen LogP contribution < -0.4 is 5.32 Å². The van der Waals surface area contributed by atoms with Gasteiger partial charge in [0.05, 0.1) is 4.47 Å². The largest absolute Gasteiger partial charge is 0.310 e. The zero-order valence-corrected chi connectivity index (χ0v) is 13.5. The van der Waals surface area contributed by atoms with E-state index in [0.29, 0.717) is 11.5 Å². The Bertz CT molecular complexity index is 442. The molecule has 1 aliphatic carbocycles. The minimum absolute atomic E-state index is 0.0827. The van der Waals surface area contributed by atoms with Crippen LogP contribution in [-0.4, -0.2) is 6.54 Å². The van der Waals surface area contributed by atoms with E-state index in [0.717, 1.165) is 19.4 Å². The number of benzene rings is 1. The first kappa shape index (κ1) is 15.9. The van der Waals surface area contributed by atoms with E-state index in [4.69, 9.17) is 0 Å². The molecule has 0 aromatic heterocycles. The molecule has 0 saturated heterocycles. The maximum absolute atomic E-state index is 14.2. The lowest BCUT2D eigenvalue weighted by Gasteiger charge is -2.28. The second kappa shape index (κ2) is 7.51. The molecule has 1 aliphatic rings. The Kier molecular flexibility index (Phi) is 5.97. The minimum atomic E-state index is -0.391. The van der Waals surface area contributed by atoms with Crippen LogP contribution >= 0.6 is 15.9 Å². The highest BCUT2D eigenvalue weighted by atomic mass is 79.9. The van der Waals surface area contributed by atoms with Crippen molar-refractivity contribution in [2.45, 2.75) is 51.5 Å². The third-order valence-corrected chi connectivity index (χ3v) is 4.78. The molecule has 112 valence electrons. The number of hydrogen-bond acceptors (Lipinski definition) is 1. The Balaban J connectivity index is 2.29. The van der Waals surface area contributed by atoms with Gasteiger partial charge in [-0.25, -0.2) is 8.78 Å². The van der Waals surface area contributed by atoms with Crippen molar-refractivity contribution in [3.63, 3.8) is 0 Å². The van der Waals surface area contributed by atoms with Gasteiger partial charge in [-0.3, -0.25) is 0 Å². The predicted molar refractivity (Wildman–Crippen MR) is 81.7 cm³/mol. The number of halogens is 3. The molecular formula is C16H22BrF2N. The quantitative estimate of drug-likeness (QED) is 0.573. The topological polar surface area (TPSA) is 12.0 Å². The highest BCUT2D eigenvalue weighted by molar-refractivity contribution is 9.10. The molecule has 1 aromatic rings. The standard InChI is InChI=1S/C16H22BrF2N/c1-2-20-16(11-7-5-3-4-6-8-11)12-9-15(19)13(17)10-14(12)18/h9-11,16,20H,2-8H2,1H3. The second-order valence-electron chi connectivity index (χ2n) is 5.57. The fourth-order valence-corrected chi connectivity index (χ4v) is 3.49. The Morgan fingerprint density at radius 3 is 2.40 bits per heavy atom. The Hall–Kier alpha value is -0.480. The van der Waals surface area contributed by atoms with E-state index in [1.165, 1.54) is 37.8 Å². The fourth-order valence-electron chi connectivity index (χ4n) is 3.17. The Labute approximate surface area is 128 Å². The first-order chi connectivity index (χ1) is 9.63. The molecule has 0 amide bonds. The van der Waals surface area contributed by atoms with Crippen LogP contribution in [0.2, 0.25) is 0 Å². The van der Waals surface area contributed by atoms with Crippen LogP contribution in [0.5, 0.6) is 0 Å². The maximum Gasteiger partial charge on any atom is 0.137 e. The van der Waals surface area contributed by atoms with Crippen LogP contribution in [0.1, 0.15) is 57.1 Å². The molecule has 1 N–H and O–H groups in total. The van der Waals surface area contributed by atoms with Gasteiger partial charge >= 0.3 is 0 Å².